The average Bonchev–Trinajstić information content (AvgIpc) is 2.70. The molecule has 3 N–H and O–H groups in total. The maximum Gasteiger partial charge on any atom is 0.126 e. The summed E-state index contributed by atoms with van der Waals surface area (Å²) < 4.78 is 1.67. The summed E-state index contributed by atoms with van der Waals surface area (Å²) in [6.45, 7) is 0. The Balaban J connectivity index is 2.58. The SMILES string of the molecule is Cn1cc(C(=N)N)c(-c2cccs2)n1. The molecule has 2 heterocycles. The number of hydrogen-bond donors (Lipinski definition) is 2. The van der Waals surface area contributed by atoms with Gasteiger partial charge < -0.3 is 5.73 Å². The first-order chi connectivity index (χ1) is 6.68. The van der Waals surface area contributed by atoms with E-state index in [1.807, 2.05) is 24.6 Å². The molecule has 0 fully saturated rings. The molecule has 0 radical (unpaired) electrons. The fraction of sp³-hybridized carbons (Fsp3) is 0.111. The Hall–Kier alpha value is -1.62. The molecule has 0 aliphatic carbocycles. The van der Waals surface area contributed by atoms with Gasteiger partial charge >= 0.3 is 0 Å². The molecule has 4 nitrogen and oxygen atoms in total. The minimum absolute atomic E-state index is 0.0569. The van der Waals surface area contributed by atoms with Gasteiger partial charge in [0.1, 0.15) is 11.5 Å². The molecule has 0 unspecified atom stereocenters. The summed E-state index contributed by atoms with van der Waals surface area (Å²) in [5.74, 6) is 0.0569. The van der Waals surface area contributed by atoms with E-state index in [0.717, 1.165) is 10.6 Å². The largest absolute Gasteiger partial charge is 0.384 e. The summed E-state index contributed by atoms with van der Waals surface area (Å²) in [5.41, 5.74) is 6.95. The Bertz CT molecular complexity index is 455. The molecule has 72 valence electrons. The molecule has 0 amide bonds. The number of rotatable bonds is 2. The van der Waals surface area contributed by atoms with Gasteiger partial charge in [0.15, 0.2) is 0 Å². The molecule has 0 aliphatic heterocycles. The molecule has 0 bridgehead atoms. The van der Waals surface area contributed by atoms with Crippen LogP contribution in [0.2, 0.25) is 0 Å². The average molecular weight is 206 g/mol. The Morgan fingerprint density at radius 2 is 2.43 bits per heavy atom. The third-order valence-electron chi connectivity index (χ3n) is 1.87. The van der Waals surface area contributed by atoms with Crippen molar-refractivity contribution in [3.05, 3.63) is 29.3 Å². The Labute approximate surface area is 85.5 Å². The maximum absolute atomic E-state index is 7.42. The number of aryl methyl sites for hydroxylation is 1. The van der Waals surface area contributed by atoms with E-state index in [-0.39, 0.29) is 5.84 Å². The molecule has 0 aromatic carbocycles. The van der Waals surface area contributed by atoms with E-state index < -0.39 is 0 Å². The molecule has 14 heavy (non-hydrogen) atoms. The molecular formula is C9H10N4S. The zero-order chi connectivity index (χ0) is 10.1. The fourth-order valence-corrected chi connectivity index (χ4v) is 2.00. The zero-order valence-corrected chi connectivity index (χ0v) is 8.51. The van der Waals surface area contributed by atoms with Crippen LogP contribution in [0.15, 0.2) is 23.7 Å². The third kappa shape index (κ3) is 1.42. The molecule has 0 atom stereocenters. The van der Waals surface area contributed by atoms with Gasteiger partial charge in [-0.15, -0.1) is 11.3 Å². The minimum atomic E-state index is 0.0569. The lowest BCUT2D eigenvalue weighted by Crippen LogP contribution is -2.10. The maximum atomic E-state index is 7.42. The Morgan fingerprint density at radius 3 is 3.00 bits per heavy atom. The van der Waals surface area contributed by atoms with Crippen molar-refractivity contribution in [2.75, 3.05) is 0 Å². The minimum Gasteiger partial charge on any atom is -0.384 e. The van der Waals surface area contributed by atoms with Gasteiger partial charge in [-0.1, -0.05) is 6.07 Å². The molecule has 0 saturated carbocycles. The van der Waals surface area contributed by atoms with Gasteiger partial charge in [-0.05, 0) is 11.4 Å². The topological polar surface area (TPSA) is 67.7 Å². The predicted molar refractivity (Wildman–Crippen MR) is 57.5 cm³/mol. The summed E-state index contributed by atoms with van der Waals surface area (Å²) in [7, 11) is 1.82. The monoisotopic (exact) mass is 206 g/mol. The number of amidine groups is 1. The van der Waals surface area contributed by atoms with Crippen LogP contribution in [0, 0.1) is 5.41 Å². The van der Waals surface area contributed by atoms with Crippen molar-refractivity contribution in [1.82, 2.24) is 9.78 Å². The van der Waals surface area contributed by atoms with Gasteiger partial charge in [0, 0.05) is 13.2 Å². The molecule has 5 heteroatoms. The van der Waals surface area contributed by atoms with Crippen LogP contribution in [0.4, 0.5) is 0 Å². The molecule has 2 aromatic heterocycles. The molecule has 2 rings (SSSR count). The van der Waals surface area contributed by atoms with E-state index in [1.165, 1.54) is 0 Å². The first-order valence-electron chi connectivity index (χ1n) is 4.10. The van der Waals surface area contributed by atoms with Crippen LogP contribution in [0.5, 0.6) is 0 Å². The number of nitrogens with zero attached hydrogens (tertiary/aromatic N) is 2. The van der Waals surface area contributed by atoms with E-state index in [9.17, 15) is 0 Å². The number of hydrogen-bond acceptors (Lipinski definition) is 3. The Kier molecular flexibility index (Phi) is 2.09. The van der Waals surface area contributed by atoms with E-state index in [1.54, 1.807) is 22.2 Å². The van der Waals surface area contributed by atoms with Crippen molar-refractivity contribution in [3.8, 4) is 10.6 Å². The van der Waals surface area contributed by atoms with Crippen LogP contribution in [-0.2, 0) is 7.05 Å². The van der Waals surface area contributed by atoms with Crippen molar-refractivity contribution in [2.45, 2.75) is 0 Å². The fourth-order valence-electron chi connectivity index (χ4n) is 1.28. The lowest BCUT2D eigenvalue weighted by Gasteiger charge is -1.95. The summed E-state index contributed by atoms with van der Waals surface area (Å²) >= 11 is 1.59. The third-order valence-corrected chi connectivity index (χ3v) is 2.75. The summed E-state index contributed by atoms with van der Waals surface area (Å²) in [6, 6.07) is 3.93. The van der Waals surface area contributed by atoms with Crippen LogP contribution in [-0.4, -0.2) is 15.6 Å². The van der Waals surface area contributed by atoms with Gasteiger partial charge in [-0.25, -0.2) is 0 Å². The number of aromatic nitrogens is 2. The second-order valence-corrected chi connectivity index (χ2v) is 3.90. The van der Waals surface area contributed by atoms with E-state index in [4.69, 9.17) is 11.1 Å². The molecule has 0 spiro atoms. The zero-order valence-electron chi connectivity index (χ0n) is 7.69. The van der Waals surface area contributed by atoms with Gasteiger partial charge in [-0.2, -0.15) is 5.10 Å². The highest BCUT2D eigenvalue weighted by Crippen LogP contribution is 2.25. The van der Waals surface area contributed by atoms with Crippen molar-refractivity contribution >= 4 is 17.2 Å². The van der Waals surface area contributed by atoms with Crippen molar-refractivity contribution < 1.29 is 0 Å². The van der Waals surface area contributed by atoms with E-state index in [0.29, 0.717) is 5.56 Å². The van der Waals surface area contributed by atoms with Gasteiger partial charge in [0.2, 0.25) is 0 Å². The summed E-state index contributed by atoms with van der Waals surface area (Å²) in [6.07, 6.45) is 1.76. The highest BCUT2D eigenvalue weighted by atomic mass is 32.1. The molecule has 0 saturated heterocycles. The lowest BCUT2D eigenvalue weighted by atomic mass is 10.2. The Morgan fingerprint density at radius 1 is 1.64 bits per heavy atom. The number of nitrogen functional groups attached to an aromatic ring is 1. The normalized spacial score (nSPS) is 10.4. The van der Waals surface area contributed by atoms with Gasteiger partial charge in [0.05, 0.1) is 10.4 Å². The van der Waals surface area contributed by atoms with Crippen molar-refractivity contribution in [3.63, 3.8) is 0 Å². The summed E-state index contributed by atoms with van der Waals surface area (Å²) in [4.78, 5) is 1.04. The first kappa shape index (κ1) is 8.96. The highest BCUT2D eigenvalue weighted by molar-refractivity contribution is 7.13. The molecular weight excluding hydrogens is 196 g/mol. The van der Waals surface area contributed by atoms with Crippen LogP contribution >= 0.6 is 11.3 Å². The van der Waals surface area contributed by atoms with Crippen molar-refractivity contribution in [1.29, 1.82) is 5.41 Å². The lowest BCUT2D eigenvalue weighted by molar-refractivity contribution is 0.771. The standard InChI is InChI=1S/C9H10N4S/c1-13-5-6(9(10)11)8(12-13)7-3-2-4-14-7/h2-5H,1H3,(H3,10,11). The number of thiophene rings is 1. The van der Waals surface area contributed by atoms with E-state index >= 15 is 0 Å². The van der Waals surface area contributed by atoms with Crippen LogP contribution < -0.4 is 5.73 Å². The van der Waals surface area contributed by atoms with Crippen molar-refractivity contribution in [2.24, 2.45) is 12.8 Å². The van der Waals surface area contributed by atoms with Crippen LogP contribution in [0.1, 0.15) is 5.56 Å². The van der Waals surface area contributed by atoms with Gasteiger partial charge in [0.25, 0.3) is 0 Å². The first-order valence-corrected chi connectivity index (χ1v) is 4.98. The summed E-state index contributed by atoms with van der Waals surface area (Å²) in [5, 5.41) is 13.7. The molecule has 2 aromatic rings. The second kappa shape index (κ2) is 3.26. The second-order valence-electron chi connectivity index (χ2n) is 2.96. The number of nitrogens with two attached hydrogens (primary N) is 1. The highest BCUT2D eigenvalue weighted by Gasteiger charge is 2.12. The number of nitrogens with one attached hydrogen (secondary N) is 1. The quantitative estimate of drug-likeness (QED) is 0.576. The smallest absolute Gasteiger partial charge is 0.126 e. The van der Waals surface area contributed by atoms with Gasteiger partial charge in [-0.3, -0.25) is 10.1 Å². The molecule has 0 aliphatic rings. The predicted octanol–water partition coefficient (Wildman–Crippen LogP) is 1.43. The van der Waals surface area contributed by atoms with E-state index in [2.05, 4.69) is 5.10 Å². The van der Waals surface area contributed by atoms with Crippen LogP contribution in [0.3, 0.4) is 0 Å². The van der Waals surface area contributed by atoms with Crippen LogP contribution in [0.25, 0.3) is 10.6 Å².